The molecule has 2 heterocycles. The highest BCUT2D eigenvalue weighted by Crippen LogP contribution is 2.34. The van der Waals surface area contributed by atoms with Gasteiger partial charge in [-0.25, -0.2) is 13.4 Å². The number of nitrogen functional groups attached to an aromatic ring is 1. The molecule has 0 saturated carbocycles. The van der Waals surface area contributed by atoms with Crippen molar-refractivity contribution in [1.29, 1.82) is 0 Å². The molecule has 0 aliphatic rings. The van der Waals surface area contributed by atoms with Gasteiger partial charge in [0.25, 0.3) is 0 Å². The van der Waals surface area contributed by atoms with Crippen molar-refractivity contribution in [1.82, 2.24) is 9.97 Å². The summed E-state index contributed by atoms with van der Waals surface area (Å²) in [6, 6.07) is 6.67. The van der Waals surface area contributed by atoms with Crippen LogP contribution in [0.25, 0.3) is 0 Å². The fourth-order valence-corrected chi connectivity index (χ4v) is 5.30. The molecule has 0 aliphatic carbocycles. The zero-order valence-corrected chi connectivity index (χ0v) is 18.0. The molecule has 2 aromatic heterocycles. The van der Waals surface area contributed by atoms with Crippen LogP contribution in [0.5, 0.6) is 0 Å². The molecule has 0 unspecified atom stereocenters. The molecule has 3 rings (SSSR count). The average molecular weight is 458 g/mol. The molecule has 0 atom stereocenters. The minimum atomic E-state index is -3.44. The molecular weight excluding hydrogens is 441 g/mol. The molecule has 7 nitrogen and oxygen atoms in total. The summed E-state index contributed by atoms with van der Waals surface area (Å²) in [5.74, 6) is 0.506. The number of sulfone groups is 1. The summed E-state index contributed by atoms with van der Waals surface area (Å²) in [5, 5.41) is 7.78. The Balaban J connectivity index is 1.91. The van der Waals surface area contributed by atoms with E-state index < -0.39 is 15.1 Å². The van der Waals surface area contributed by atoms with Gasteiger partial charge >= 0.3 is 0 Å². The Morgan fingerprint density at radius 2 is 1.86 bits per heavy atom. The molecule has 0 aliphatic heterocycles. The van der Waals surface area contributed by atoms with Gasteiger partial charge in [0.1, 0.15) is 9.23 Å². The van der Waals surface area contributed by atoms with Crippen LogP contribution in [0.2, 0.25) is 10.0 Å². The Morgan fingerprint density at radius 3 is 2.54 bits per heavy atom. The molecule has 28 heavy (non-hydrogen) atoms. The van der Waals surface area contributed by atoms with E-state index in [9.17, 15) is 8.42 Å². The Morgan fingerprint density at radius 1 is 1.11 bits per heavy atom. The second-order valence-electron chi connectivity index (χ2n) is 6.09. The minimum Gasteiger partial charge on any atom is -0.399 e. The molecule has 4 N–H and O–H groups in total. The van der Waals surface area contributed by atoms with Crippen molar-refractivity contribution in [2.24, 2.45) is 0 Å². The summed E-state index contributed by atoms with van der Waals surface area (Å²) in [4.78, 5) is 8.46. The number of rotatable bonds is 6. The largest absolute Gasteiger partial charge is 0.399 e. The molecule has 0 bridgehead atoms. The van der Waals surface area contributed by atoms with E-state index in [1.807, 2.05) is 0 Å². The number of thiophene rings is 1. The van der Waals surface area contributed by atoms with Crippen molar-refractivity contribution in [3.63, 3.8) is 0 Å². The van der Waals surface area contributed by atoms with Crippen molar-refractivity contribution >= 4 is 73.2 Å². The maximum absolute atomic E-state index is 12.5. The van der Waals surface area contributed by atoms with Crippen LogP contribution in [-0.4, -0.2) is 23.6 Å². The van der Waals surface area contributed by atoms with Crippen molar-refractivity contribution in [3.8, 4) is 0 Å². The van der Waals surface area contributed by atoms with Gasteiger partial charge in [-0.05, 0) is 43.5 Å². The van der Waals surface area contributed by atoms with E-state index in [0.717, 1.165) is 11.3 Å². The first kappa shape index (κ1) is 20.7. The van der Waals surface area contributed by atoms with E-state index in [1.54, 1.807) is 43.5 Å². The highest BCUT2D eigenvalue weighted by atomic mass is 35.5. The second-order valence-corrected chi connectivity index (χ2v) is 10.5. The van der Waals surface area contributed by atoms with Gasteiger partial charge in [-0.2, -0.15) is 4.98 Å². The van der Waals surface area contributed by atoms with Gasteiger partial charge in [-0.3, -0.25) is 0 Å². The van der Waals surface area contributed by atoms with Gasteiger partial charge in [0.05, 0.1) is 27.8 Å². The molecule has 0 radical (unpaired) electrons. The molecular formula is C17H17Cl2N5O2S2. The zero-order chi connectivity index (χ0) is 20.5. The van der Waals surface area contributed by atoms with E-state index in [4.69, 9.17) is 28.9 Å². The predicted molar refractivity (Wildman–Crippen MR) is 116 cm³/mol. The summed E-state index contributed by atoms with van der Waals surface area (Å²) < 4.78 is 25.3. The molecule has 0 amide bonds. The van der Waals surface area contributed by atoms with Crippen LogP contribution in [0.1, 0.15) is 13.8 Å². The number of nitrogens with zero attached hydrogens (tertiary/aromatic N) is 2. The van der Waals surface area contributed by atoms with Crippen molar-refractivity contribution < 1.29 is 8.42 Å². The number of nitrogens with one attached hydrogen (secondary N) is 2. The summed E-state index contributed by atoms with van der Waals surface area (Å²) in [6.07, 6.45) is 1.41. The Labute approximate surface area is 176 Å². The third-order valence-corrected chi connectivity index (χ3v) is 8.00. The second kappa shape index (κ2) is 8.12. The highest BCUT2D eigenvalue weighted by Gasteiger charge is 2.25. The topological polar surface area (TPSA) is 110 Å². The van der Waals surface area contributed by atoms with E-state index in [1.165, 1.54) is 6.20 Å². The van der Waals surface area contributed by atoms with E-state index >= 15 is 0 Å². The lowest BCUT2D eigenvalue weighted by Gasteiger charge is -2.12. The number of hydrogen-bond acceptors (Lipinski definition) is 8. The van der Waals surface area contributed by atoms with Gasteiger partial charge in [0.15, 0.2) is 15.7 Å². The summed E-state index contributed by atoms with van der Waals surface area (Å²) in [7, 11) is -3.44. The Kier molecular flexibility index (Phi) is 5.99. The number of anilines is 5. The van der Waals surface area contributed by atoms with E-state index in [-0.39, 0.29) is 21.0 Å². The normalized spacial score (nSPS) is 11.6. The molecule has 11 heteroatoms. The first-order valence-electron chi connectivity index (χ1n) is 8.11. The lowest BCUT2D eigenvalue weighted by molar-refractivity contribution is 0.590. The lowest BCUT2D eigenvalue weighted by Crippen LogP contribution is -2.14. The first-order valence-corrected chi connectivity index (χ1v) is 11.3. The third-order valence-electron chi connectivity index (χ3n) is 3.75. The lowest BCUT2D eigenvalue weighted by atomic mass is 10.3. The number of halogens is 2. The Hall–Kier alpha value is -2.07. The monoisotopic (exact) mass is 457 g/mol. The van der Waals surface area contributed by atoms with Gasteiger partial charge in [-0.1, -0.05) is 23.2 Å². The van der Waals surface area contributed by atoms with E-state index in [0.29, 0.717) is 22.1 Å². The van der Waals surface area contributed by atoms with Gasteiger partial charge < -0.3 is 16.4 Å². The van der Waals surface area contributed by atoms with Gasteiger partial charge in [0, 0.05) is 5.69 Å². The van der Waals surface area contributed by atoms with Gasteiger partial charge in [0.2, 0.25) is 5.95 Å². The first-order chi connectivity index (χ1) is 13.2. The molecule has 3 aromatic rings. The maximum atomic E-state index is 12.5. The third kappa shape index (κ3) is 4.33. The molecule has 148 valence electrons. The zero-order valence-electron chi connectivity index (χ0n) is 14.9. The van der Waals surface area contributed by atoms with Crippen LogP contribution < -0.4 is 16.4 Å². The van der Waals surface area contributed by atoms with Crippen LogP contribution >= 0.6 is 34.5 Å². The number of benzene rings is 1. The van der Waals surface area contributed by atoms with Crippen molar-refractivity contribution in [2.45, 2.75) is 23.3 Å². The standard InChI is InChI=1S/C17H17Cl2N5O2S2/c1-9(2)28(25,26)16-14(5-6-27-16)22-15-12(19)8-21-17(24-15)23-13-4-3-10(20)7-11(13)18/h3-9H,20H2,1-2H3,(H2,21,22,23,24). The number of nitrogens with two attached hydrogens (primary N) is 1. The highest BCUT2D eigenvalue weighted by molar-refractivity contribution is 7.94. The molecule has 1 aromatic carbocycles. The summed E-state index contributed by atoms with van der Waals surface area (Å²) >= 11 is 13.5. The smallest absolute Gasteiger partial charge is 0.229 e. The van der Waals surface area contributed by atoms with Crippen LogP contribution in [0, 0.1) is 0 Å². The van der Waals surface area contributed by atoms with Crippen molar-refractivity contribution in [3.05, 3.63) is 45.9 Å². The van der Waals surface area contributed by atoms with Crippen LogP contribution in [0.15, 0.2) is 40.1 Å². The quantitative estimate of drug-likeness (QED) is 0.441. The fraction of sp³-hybridized carbons (Fsp3) is 0.176. The van der Waals surface area contributed by atoms with Gasteiger partial charge in [-0.15, -0.1) is 11.3 Å². The Bertz CT molecular complexity index is 1120. The molecule has 0 saturated heterocycles. The van der Waals surface area contributed by atoms with Crippen molar-refractivity contribution in [2.75, 3.05) is 16.4 Å². The van der Waals surface area contributed by atoms with E-state index in [2.05, 4.69) is 20.6 Å². The molecule has 0 spiro atoms. The van der Waals surface area contributed by atoms with Crippen LogP contribution in [0.4, 0.5) is 28.8 Å². The van der Waals surface area contributed by atoms with Crippen LogP contribution in [0.3, 0.4) is 0 Å². The summed E-state index contributed by atoms with van der Waals surface area (Å²) in [6.45, 7) is 3.27. The minimum absolute atomic E-state index is 0.230. The molecule has 0 fully saturated rings. The SMILES string of the molecule is CC(C)S(=O)(=O)c1sccc1Nc1nc(Nc2ccc(N)cc2Cl)ncc1Cl. The number of aromatic nitrogens is 2. The summed E-state index contributed by atoms with van der Waals surface area (Å²) in [5.41, 5.74) is 7.21. The van der Waals surface area contributed by atoms with Crippen LogP contribution in [-0.2, 0) is 9.84 Å². The predicted octanol–water partition coefficient (Wildman–Crippen LogP) is 5.10. The average Bonchev–Trinajstić information content (AvgIpc) is 3.09. The maximum Gasteiger partial charge on any atom is 0.229 e. The fourth-order valence-electron chi connectivity index (χ4n) is 2.22. The number of hydrogen-bond donors (Lipinski definition) is 3.